The van der Waals surface area contributed by atoms with Crippen LogP contribution in [0.3, 0.4) is 0 Å². The topological polar surface area (TPSA) is 184 Å². The van der Waals surface area contributed by atoms with E-state index in [-0.39, 0.29) is 23.6 Å². The van der Waals surface area contributed by atoms with E-state index >= 15 is 0 Å². The molecule has 1 atom stereocenters. The largest absolute Gasteiger partial charge is 0.351 e. The first-order valence-corrected chi connectivity index (χ1v) is 18.0. The quantitative estimate of drug-likeness (QED) is 0.108. The third-order valence-electron chi connectivity index (χ3n) is 9.79. The molecule has 51 heavy (non-hydrogen) atoms. The minimum Gasteiger partial charge on any atom is -0.351 e. The predicted molar refractivity (Wildman–Crippen MR) is 198 cm³/mol. The molecular formula is C38H50N10O3. The number of nitrogens with one attached hydrogen (secondary N) is 4. The number of carbonyl (C=O) groups is 3. The molecule has 1 aliphatic rings. The van der Waals surface area contributed by atoms with Gasteiger partial charge in [0.1, 0.15) is 11.7 Å². The average molecular weight is 695 g/mol. The maximum Gasteiger partial charge on any atom is 0.269 e. The van der Waals surface area contributed by atoms with Gasteiger partial charge in [-0.25, -0.2) is 4.98 Å². The minimum absolute atomic E-state index is 0.107. The lowest BCUT2D eigenvalue weighted by atomic mass is 9.81. The summed E-state index contributed by atoms with van der Waals surface area (Å²) in [4.78, 5) is 46.8. The second-order valence-corrected chi connectivity index (χ2v) is 13.2. The van der Waals surface area contributed by atoms with Gasteiger partial charge in [-0.05, 0) is 118 Å². The number of nitrogens with zero attached hydrogens (tertiary/aromatic N) is 5. The first kappa shape index (κ1) is 37.3. The van der Waals surface area contributed by atoms with Crippen LogP contribution in [0.4, 0.5) is 5.69 Å². The normalized spacial score (nSPS) is 16.4. The predicted octanol–water partition coefficient (Wildman–Crippen LogP) is 4.13. The zero-order valence-electron chi connectivity index (χ0n) is 29.8. The zero-order chi connectivity index (χ0) is 36.2. The number of amides is 3. The summed E-state index contributed by atoms with van der Waals surface area (Å²) in [5.41, 5.74) is 11.1. The molecule has 13 nitrogen and oxygen atoms in total. The fraction of sp³-hybridized carbons (Fsp3) is 0.447. The molecule has 2 heterocycles. The van der Waals surface area contributed by atoms with Gasteiger partial charge in [0.25, 0.3) is 5.91 Å². The third kappa shape index (κ3) is 10.3. The van der Waals surface area contributed by atoms with E-state index in [0.717, 1.165) is 79.7 Å². The highest BCUT2D eigenvalue weighted by atomic mass is 16.2. The Hall–Kier alpha value is -5.01. The van der Waals surface area contributed by atoms with Gasteiger partial charge in [-0.1, -0.05) is 44.2 Å². The molecule has 0 bridgehead atoms. The van der Waals surface area contributed by atoms with Gasteiger partial charge in [-0.3, -0.25) is 14.4 Å². The Labute approximate surface area is 299 Å². The van der Waals surface area contributed by atoms with E-state index in [2.05, 4.69) is 60.3 Å². The molecule has 0 aliphatic heterocycles. The highest BCUT2D eigenvalue weighted by Gasteiger charge is 2.29. The number of carbonyl (C=O) groups excluding carboxylic acids is 3. The highest BCUT2D eigenvalue weighted by molar-refractivity contribution is 5.98. The van der Waals surface area contributed by atoms with E-state index in [0.29, 0.717) is 42.6 Å². The van der Waals surface area contributed by atoms with Crippen molar-refractivity contribution in [2.45, 2.75) is 65.3 Å². The van der Waals surface area contributed by atoms with Gasteiger partial charge in [-0.2, -0.15) is 5.21 Å². The summed E-state index contributed by atoms with van der Waals surface area (Å²) in [6.45, 7) is 10.3. The molecule has 270 valence electrons. The van der Waals surface area contributed by atoms with Gasteiger partial charge >= 0.3 is 0 Å². The van der Waals surface area contributed by atoms with Crippen LogP contribution in [0.1, 0.15) is 67.7 Å². The fourth-order valence-corrected chi connectivity index (χ4v) is 6.56. The molecule has 2 aromatic carbocycles. The van der Waals surface area contributed by atoms with Crippen LogP contribution in [0.15, 0.2) is 60.7 Å². The van der Waals surface area contributed by atoms with Crippen molar-refractivity contribution in [3.8, 4) is 22.5 Å². The molecule has 3 amide bonds. The first-order valence-electron chi connectivity index (χ1n) is 18.0. The SMILES string of the molecule is CCN(CC)CCCNC(=O)c1ccc(-c2ccc(C[C@H](NC(=O)C3CCC(CN)CC3)C(=O)Nc3ccc(-c4nn[nH]n4)cc3)cc2)c(C)n1. The second-order valence-electron chi connectivity index (χ2n) is 13.2. The standard InChI is InChI=1S/C38H50N10O3/c1-4-48(5-2)22-6-21-40-37(50)33-20-19-32(25(3)41-33)28-11-7-26(8-12-28)23-34(43-36(49)30-13-9-27(24-39)10-14-30)38(51)42-31-17-15-29(16-18-31)35-44-46-47-45-35/h7-8,11-12,15-20,27,30,34H,4-6,9-10,13-14,21-24,39H2,1-3H3,(H,40,50)(H,42,51)(H,43,49)(H,44,45,46,47)/t27?,30?,34-/m0/s1. The zero-order valence-corrected chi connectivity index (χ0v) is 29.8. The number of H-pyrrole nitrogens is 1. The molecule has 0 spiro atoms. The molecule has 0 unspecified atom stereocenters. The molecule has 2 aromatic heterocycles. The smallest absolute Gasteiger partial charge is 0.269 e. The molecule has 6 N–H and O–H groups in total. The number of aromatic nitrogens is 5. The highest BCUT2D eigenvalue weighted by Crippen LogP contribution is 2.29. The van der Waals surface area contributed by atoms with E-state index in [1.54, 1.807) is 30.3 Å². The molecule has 0 radical (unpaired) electrons. The number of anilines is 1. The molecule has 13 heteroatoms. The van der Waals surface area contributed by atoms with E-state index in [9.17, 15) is 14.4 Å². The minimum atomic E-state index is -0.791. The van der Waals surface area contributed by atoms with E-state index in [4.69, 9.17) is 5.73 Å². The number of aryl methyl sites for hydroxylation is 1. The lowest BCUT2D eigenvalue weighted by Gasteiger charge is -2.28. The molecule has 1 fully saturated rings. The number of nitrogens with two attached hydrogens (primary N) is 1. The molecule has 4 aromatic rings. The average Bonchev–Trinajstić information content (AvgIpc) is 3.70. The number of benzene rings is 2. The number of aromatic amines is 1. The van der Waals surface area contributed by atoms with Crippen molar-refractivity contribution in [1.29, 1.82) is 0 Å². The van der Waals surface area contributed by atoms with E-state index < -0.39 is 6.04 Å². The van der Waals surface area contributed by atoms with Crippen LogP contribution < -0.4 is 21.7 Å². The van der Waals surface area contributed by atoms with Gasteiger partial charge in [-0.15, -0.1) is 10.2 Å². The third-order valence-corrected chi connectivity index (χ3v) is 9.79. The number of hydrogen-bond donors (Lipinski definition) is 5. The molecule has 1 aliphatic carbocycles. The van der Waals surface area contributed by atoms with Crippen molar-refractivity contribution < 1.29 is 14.4 Å². The van der Waals surface area contributed by atoms with Crippen molar-refractivity contribution in [2.75, 3.05) is 38.0 Å². The summed E-state index contributed by atoms with van der Waals surface area (Å²) in [5.74, 6) is 0.160. The summed E-state index contributed by atoms with van der Waals surface area (Å²) >= 11 is 0. The van der Waals surface area contributed by atoms with Crippen LogP contribution in [0.5, 0.6) is 0 Å². The van der Waals surface area contributed by atoms with E-state index in [1.807, 2.05) is 37.3 Å². The first-order chi connectivity index (χ1) is 24.8. The van der Waals surface area contributed by atoms with E-state index in [1.165, 1.54) is 0 Å². The van der Waals surface area contributed by atoms with Crippen LogP contribution in [0.25, 0.3) is 22.5 Å². The van der Waals surface area contributed by atoms with Crippen molar-refractivity contribution in [1.82, 2.24) is 41.1 Å². The Morgan fingerprint density at radius 3 is 2.27 bits per heavy atom. The molecular weight excluding hydrogens is 644 g/mol. The molecule has 5 rings (SSSR count). The lowest BCUT2D eigenvalue weighted by molar-refractivity contribution is -0.130. The van der Waals surface area contributed by atoms with Crippen LogP contribution in [-0.4, -0.2) is 87.0 Å². The number of hydrogen-bond acceptors (Lipinski definition) is 9. The van der Waals surface area contributed by atoms with Gasteiger partial charge in [0.2, 0.25) is 17.6 Å². The molecule has 1 saturated carbocycles. The summed E-state index contributed by atoms with van der Waals surface area (Å²) in [6, 6.07) is 17.9. The Bertz CT molecular complexity index is 1720. The summed E-state index contributed by atoms with van der Waals surface area (Å²) in [6.07, 6.45) is 4.54. The van der Waals surface area contributed by atoms with Crippen molar-refractivity contribution >= 4 is 23.4 Å². The van der Waals surface area contributed by atoms with Crippen LogP contribution in [0, 0.1) is 18.8 Å². The lowest BCUT2D eigenvalue weighted by Crippen LogP contribution is -2.48. The van der Waals surface area contributed by atoms with Gasteiger partial charge in [0.15, 0.2) is 0 Å². The maximum absolute atomic E-state index is 13.7. The number of rotatable bonds is 16. The Morgan fingerprint density at radius 2 is 1.65 bits per heavy atom. The Morgan fingerprint density at radius 1 is 0.941 bits per heavy atom. The van der Waals surface area contributed by atoms with Crippen LogP contribution >= 0.6 is 0 Å². The van der Waals surface area contributed by atoms with Crippen molar-refractivity contribution in [3.63, 3.8) is 0 Å². The van der Waals surface area contributed by atoms with Gasteiger partial charge in [0.05, 0.1) is 0 Å². The monoisotopic (exact) mass is 694 g/mol. The summed E-state index contributed by atoms with van der Waals surface area (Å²) < 4.78 is 0. The maximum atomic E-state index is 13.7. The van der Waals surface area contributed by atoms with Crippen LogP contribution in [0.2, 0.25) is 0 Å². The fourth-order valence-electron chi connectivity index (χ4n) is 6.56. The second kappa shape index (κ2) is 18.3. The van der Waals surface area contributed by atoms with Crippen LogP contribution in [-0.2, 0) is 16.0 Å². The Balaban J connectivity index is 1.24. The van der Waals surface area contributed by atoms with Gasteiger partial charge < -0.3 is 26.6 Å². The number of pyridine rings is 1. The van der Waals surface area contributed by atoms with Gasteiger partial charge in [0, 0.05) is 41.4 Å². The Kier molecular flexibility index (Phi) is 13.4. The van der Waals surface area contributed by atoms with Crippen molar-refractivity contribution in [2.24, 2.45) is 17.6 Å². The summed E-state index contributed by atoms with van der Waals surface area (Å²) in [5, 5.41) is 23.0. The molecule has 0 saturated heterocycles. The van der Waals surface area contributed by atoms with Crippen molar-refractivity contribution in [3.05, 3.63) is 77.6 Å². The summed E-state index contributed by atoms with van der Waals surface area (Å²) in [7, 11) is 0. The number of tetrazole rings is 1.